The SMILES string of the molecule is CCCC(=O)[C@H]1C[C@@]23C=CC1(OC)[C@@H]1Oc4c(OC)ccc5c4C12CCN(C)[C@@H]3C5. The summed E-state index contributed by atoms with van der Waals surface area (Å²) >= 11 is 0. The number of carbonyl (C=O) groups is 1. The molecule has 0 radical (unpaired) electrons. The van der Waals surface area contributed by atoms with Crippen molar-refractivity contribution in [2.24, 2.45) is 11.3 Å². The number of hydrogen-bond donors (Lipinski definition) is 0. The average Bonchev–Trinajstić information content (AvgIpc) is 3.13. The highest BCUT2D eigenvalue weighted by Gasteiger charge is 2.79. The minimum absolute atomic E-state index is 0.108. The van der Waals surface area contributed by atoms with Crippen LogP contribution in [0.5, 0.6) is 11.5 Å². The molecule has 30 heavy (non-hydrogen) atoms. The number of methoxy groups -OCH3 is 2. The van der Waals surface area contributed by atoms with Crippen molar-refractivity contribution in [1.29, 1.82) is 0 Å². The van der Waals surface area contributed by atoms with E-state index in [1.807, 2.05) is 6.07 Å². The molecule has 5 heteroatoms. The van der Waals surface area contributed by atoms with Gasteiger partial charge in [0.15, 0.2) is 11.5 Å². The van der Waals surface area contributed by atoms with Crippen LogP contribution in [-0.2, 0) is 21.4 Å². The number of benzene rings is 1. The summed E-state index contributed by atoms with van der Waals surface area (Å²) in [5.74, 6) is 1.84. The zero-order chi connectivity index (χ0) is 20.9. The smallest absolute Gasteiger partial charge is 0.166 e. The van der Waals surface area contributed by atoms with Crippen LogP contribution in [0.3, 0.4) is 0 Å². The maximum absolute atomic E-state index is 13.4. The molecule has 7 rings (SSSR count). The van der Waals surface area contributed by atoms with Crippen molar-refractivity contribution in [3.63, 3.8) is 0 Å². The molecule has 6 atom stereocenters. The van der Waals surface area contributed by atoms with E-state index in [0.717, 1.165) is 43.7 Å². The first kappa shape index (κ1) is 18.9. The monoisotopic (exact) mass is 409 g/mol. The fourth-order valence-corrected chi connectivity index (χ4v) is 7.99. The molecule has 2 unspecified atom stereocenters. The fraction of sp³-hybridized carbons (Fsp3) is 0.640. The molecule has 0 aromatic heterocycles. The van der Waals surface area contributed by atoms with E-state index >= 15 is 0 Å². The zero-order valence-electron chi connectivity index (χ0n) is 18.4. The molecule has 2 aliphatic heterocycles. The molecular weight excluding hydrogens is 378 g/mol. The summed E-state index contributed by atoms with van der Waals surface area (Å²) in [6.45, 7) is 3.11. The maximum Gasteiger partial charge on any atom is 0.166 e. The summed E-state index contributed by atoms with van der Waals surface area (Å²) in [7, 11) is 5.71. The fourth-order valence-electron chi connectivity index (χ4n) is 7.99. The van der Waals surface area contributed by atoms with Gasteiger partial charge in [-0.2, -0.15) is 0 Å². The first-order valence-corrected chi connectivity index (χ1v) is 11.3. The van der Waals surface area contributed by atoms with Crippen LogP contribution >= 0.6 is 0 Å². The van der Waals surface area contributed by atoms with Crippen molar-refractivity contribution in [2.45, 2.75) is 62.2 Å². The van der Waals surface area contributed by atoms with Crippen molar-refractivity contribution in [3.05, 3.63) is 35.4 Å². The molecule has 1 aromatic rings. The number of carbonyl (C=O) groups excluding carboxylic acids is 1. The Morgan fingerprint density at radius 2 is 2.13 bits per heavy atom. The van der Waals surface area contributed by atoms with Gasteiger partial charge < -0.3 is 19.1 Å². The number of rotatable bonds is 5. The first-order chi connectivity index (χ1) is 14.5. The van der Waals surface area contributed by atoms with Gasteiger partial charge in [0.1, 0.15) is 17.5 Å². The molecular formula is C25H31NO4. The summed E-state index contributed by atoms with van der Waals surface area (Å²) < 4.78 is 18.9. The Kier molecular flexibility index (Phi) is 3.71. The van der Waals surface area contributed by atoms with Crippen LogP contribution in [0.15, 0.2) is 24.3 Å². The van der Waals surface area contributed by atoms with Crippen LogP contribution in [0, 0.1) is 11.3 Å². The van der Waals surface area contributed by atoms with Crippen molar-refractivity contribution in [3.8, 4) is 11.5 Å². The Balaban J connectivity index is 1.65. The molecule has 1 saturated heterocycles. The highest BCUT2D eigenvalue weighted by atomic mass is 16.6. The van der Waals surface area contributed by atoms with Crippen molar-refractivity contribution in [2.75, 3.05) is 27.8 Å². The van der Waals surface area contributed by atoms with Crippen LogP contribution in [0.4, 0.5) is 0 Å². The summed E-state index contributed by atoms with van der Waals surface area (Å²) in [5.41, 5.74) is 1.73. The van der Waals surface area contributed by atoms with Crippen LogP contribution in [0.25, 0.3) is 0 Å². The van der Waals surface area contributed by atoms with Gasteiger partial charge in [-0.1, -0.05) is 25.1 Å². The van der Waals surface area contributed by atoms with E-state index in [9.17, 15) is 4.79 Å². The largest absolute Gasteiger partial charge is 0.493 e. The Bertz CT molecular complexity index is 972. The molecule has 1 saturated carbocycles. The van der Waals surface area contributed by atoms with Crippen LogP contribution in [0.2, 0.25) is 0 Å². The topological polar surface area (TPSA) is 48.0 Å². The number of fused-ring (bicyclic) bond motifs is 1. The number of ether oxygens (including phenoxy) is 3. The minimum atomic E-state index is -0.715. The van der Waals surface area contributed by atoms with Gasteiger partial charge in [0, 0.05) is 30.6 Å². The van der Waals surface area contributed by atoms with Crippen molar-refractivity contribution < 1.29 is 19.0 Å². The van der Waals surface area contributed by atoms with Gasteiger partial charge in [-0.25, -0.2) is 0 Å². The van der Waals surface area contributed by atoms with Crippen LogP contribution in [0.1, 0.15) is 43.7 Å². The predicted molar refractivity (Wildman–Crippen MR) is 113 cm³/mol. The third-order valence-electron chi connectivity index (χ3n) is 9.16. The van der Waals surface area contributed by atoms with E-state index in [1.165, 1.54) is 11.1 Å². The lowest BCUT2D eigenvalue weighted by Gasteiger charge is -2.70. The molecule has 4 aliphatic carbocycles. The molecule has 2 heterocycles. The van der Waals surface area contributed by atoms with E-state index in [2.05, 4.69) is 37.1 Å². The average molecular weight is 410 g/mol. The van der Waals surface area contributed by atoms with Crippen molar-refractivity contribution >= 4 is 5.78 Å². The van der Waals surface area contributed by atoms with Gasteiger partial charge in [-0.15, -0.1) is 0 Å². The highest BCUT2D eigenvalue weighted by molar-refractivity contribution is 5.84. The predicted octanol–water partition coefficient (Wildman–Crippen LogP) is 3.28. The Labute approximate surface area is 178 Å². The molecule has 4 bridgehead atoms. The Morgan fingerprint density at radius 3 is 2.87 bits per heavy atom. The second-order valence-corrected chi connectivity index (χ2v) is 9.96. The maximum atomic E-state index is 13.4. The van der Waals surface area contributed by atoms with Gasteiger partial charge in [0.2, 0.25) is 0 Å². The summed E-state index contributed by atoms with van der Waals surface area (Å²) in [4.78, 5) is 15.9. The summed E-state index contributed by atoms with van der Waals surface area (Å²) in [6.07, 6.45) is 8.74. The molecule has 2 fully saturated rings. The van der Waals surface area contributed by atoms with Gasteiger partial charge >= 0.3 is 0 Å². The third-order valence-corrected chi connectivity index (χ3v) is 9.16. The van der Waals surface area contributed by atoms with Gasteiger partial charge in [0.25, 0.3) is 0 Å². The molecule has 160 valence electrons. The lowest BCUT2D eigenvalue weighted by Crippen LogP contribution is -2.79. The van der Waals surface area contributed by atoms with E-state index in [1.54, 1.807) is 14.2 Å². The number of nitrogens with zero attached hydrogens (tertiary/aromatic N) is 1. The lowest BCUT2D eigenvalue weighted by atomic mass is 9.37. The number of Topliss-reactive ketones (excluding diaryl/α,β-unsaturated/α-hetero) is 1. The number of likely N-dealkylation sites (N-methyl/N-ethyl adjacent to an activating group) is 1. The van der Waals surface area contributed by atoms with Gasteiger partial charge in [-0.05, 0) is 50.9 Å². The molecule has 5 nitrogen and oxygen atoms in total. The zero-order valence-corrected chi connectivity index (χ0v) is 18.4. The summed E-state index contributed by atoms with van der Waals surface area (Å²) in [6, 6.07) is 4.65. The van der Waals surface area contributed by atoms with E-state index in [4.69, 9.17) is 14.2 Å². The van der Waals surface area contributed by atoms with E-state index in [0.29, 0.717) is 18.2 Å². The molecule has 1 aromatic carbocycles. The summed E-state index contributed by atoms with van der Waals surface area (Å²) in [5, 5.41) is 0. The van der Waals surface area contributed by atoms with E-state index < -0.39 is 5.60 Å². The standard InChI is InChI=1S/C25H31NO4/c1-5-6-17(27)16-14-23-9-10-25(16,29-4)22-24(23)11-12-26(2)19(23)13-15-7-8-18(28-3)21(30-22)20(15)24/h7-10,16,19,22H,5-6,11-14H2,1-4H3/t16-,19-,22-,23-,24?,25?/m1/s1. The van der Waals surface area contributed by atoms with Crippen molar-refractivity contribution in [1.82, 2.24) is 4.90 Å². The molecule has 6 aliphatic rings. The third kappa shape index (κ3) is 1.79. The number of hydrogen-bond acceptors (Lipinski definition) is 5. The Morgan fingerprint density at radius 1 is 1.30 bits per heavy atom. The Hall–Kier alpha value is -1.85. The van der Waals surface area contributed by atoms with Crippen LogP contribution in [-0.4, -0.2) is 56.2 Å². The first-order valence-electron chi connectivity index (χ1n) is 11.3. The minimum Gasteiger partial charge on any atom is -0.493 e. The van der Waals surface area contributed by atoms with Gasteiger partial charge in [0.05, 0.1) is 18.4 Å². The normalized spacial score (nSPS) is 42.1. The molecule has 0 N–H and O–H groups in total. The van der Waals surface area contributed by atoms with Gasteiger partial charge in [-0.3, -0.25) is 4.79 Å². The second kappa shape index (κ2) is 5.89. The molecule has 0 amide bonds. The lowest BCUT2D eigenvalue weighted by molar-refractivity contribution is -0.213. The number of likely N-dealkylation sites (tertiary alicyclic amines) is 1. The van der Waals surface area contributed by atoms with E-state index in [-0.39, 0.29) is 22.9 Å². The highest BCUT2D eigenvalue weighted by Crippen LogP contribution is 2.74. The quantitative estimate of drug-likeness (QED) is 0.699. The van der Waals surface area contributed by atoms with Crippen LogP contribution < -0.4 is 9.47 Å². The number of piperidine rings is 1. The second-order valence-electron chi connectivity index (χ2n) is 9.96. The molecule has 2 spiro atoms. The number of ketones is 1.